The lowest BCUT2D eigenvalue weighted by Gasteiger charge is -2.06. The van der Waals surface area contributed by atoms with Gasteiger partial charge in [0.25, 0.3) is 0 Å². The highest BCUT2D eigenvalue weighted by molar-refractivity contribution is 9.10. The summed E-state index contributed by atoms with van der Waals surface area (Å²) < 4.78 is 1.85. The molecular weight excluding hydrogens is 378 g/mol. The van der Waals surface area contributed by atoms with Gasteiger partial charge in [-0.25, -0.2) is 9.97 Å². The van der Waals surface area contributed by atoms with Gasteiger partial charge in [0.2, 0.25) is 0 Å². The van der Waals surface area contributed by atoms with Crippen LogP contribution in [0.5, 0.6) is 0 Å². The van der Waals surface area contributed by atoms with Gasteiger partial charge in [-0.05, 0) is 41.1 Å². The summed E-state index contributed by atoms with van der Waals surface area (Å²) in [5, 5.41) is 0. The van der Waals surface area contributed by atoms with Crippen LogP contribution >= 0.6 is 43.6 Å². The van der Waals surface area contributed by atoms with E-state index in [1.54, 1.807) is 11.8 Å². The Balaban J connectivity index is 2.11. The molecule has 1 aromatic heterocycles. The predicted octanol–water partition coefficient (Wildman–Crippen LogP) is 4.18. The van der Waals surface area contributed by atoms with Gasteiger partial charge in [-0.1, -0.05) is 22.0 Å². The third-order valence-corrected chi connectivity index (χ3v) is 4.72. The molecule has 0 saturated heterocycles. The number of halogens is 2. The average molecular weight is 389 g/mol. The molecule has 1 aromatic carbocycles. The van der Waals surface area contributed by atoms with E-state index in [2.05, 4.69) is 54.0 Å². The molecule has 6 heteroatoms. The lowest BCUT2D eigenvalue weighted by molar-refractivity contribution is 0.992. The van der Waals surface area contributed by atoms with Crippen LogP contribution in [0.1, 0.15) is 11.5 Å². The Kier molecular flexibility index (Phi) is 4.64. The summed E-state index contributed by atoms with van der Waals surface area (Å²) in [6.07, 6.45) is 0. The first-order valence-corrected chi connectivity index (χ1v) is 7.80. The lowest BCUT2D eigenvalue weighted by atomic mass is 10.4. The number of hydrogen-bond acceptors (Lipinski definition) is 4. The molecule has 2 rings (SSSR count). The second-order valence-electron chi connectivity index (χ2n) is 3.67. The van der Waals surface area contributed by atoms with Gasteiger partial charge in [0, 0.05) is 9.37 Å². The second-order valence-corrected chi connectivity index (χ2v) is 6.43. The Morgan fingerprint density at radius 2 is 2.06 bits per heavy atom. The minimum Gasteiger partial charge on any atom is -0.383 e. The van der Waals surface area contributed by atoms with Gasteiger partial charge in [0.05, 0.1) is 15.9 Å². The second kappa shape index (κ2) is 6.04. The summed E-state index contributed by atoms with van der Waals surface area (Å²) in [4.78, 5) is 9.83. The molecule has 0 fully saturated rings. The summed E-state index contributed by atoms with van der Waals surface area (Å²) in [6, 6.07) is 8.14. The van der Waals surface area contributed by atoms with Crippen molar-refractivity contribution in [2.45, 2.75) is 17.6 Å². The van der Waals surface area contributed by atoms with E-state index in [0.29, 0.717) is 11.6 Å². The van der Waals surface area contributed by atoms with Gasteiger partial charge in [-0.3, -0.25) is 0 Å². The van der Waals surface area contributed by atoms with Crippen LogP contribution in [0.4, 0.5) is 5.82 Å². The summed E-state index contributed by atoms with van der Waals surface area (Å²) in [7, 11) is 0. The van der Waals surface area contributed by atoms with Gasteiger partial charge in [0.1, 0.15) is 11.6 Å². The summed E-state index contributed by atoms with van der Waals surface area (Å²) in [5.74, 6) is 1.94. The highest BCUT2D eigenvalue weighted by atomic mass is 79.9. The number of benzene rings is 1. The minimum absolute atomic E-state index is 0.493. The van der Waals surface area contributed by atoms with Crippen LogP contribution < -0.4 is 5.73 Å². The number of aromatic nitrogens is 2. The quantitative estimate of drug-likeness (QED) is 0.801. The van der Waals surface area contributed by atoms with Gasteiger partial charge >= 0.3 is 0 Å². The maximum atomic E-state index is 5.80. The largest absolute Gasteiger partial charge is 0.383 e. The van der Waals surface area contributed by atoms with Crippen LogP contribution in [0.15, 0.2) is 38.1 Å². The van der Waals surface area contributed by atoms with Crippen molar-refractivity contribution < 1.29 is 0 Å². The molecule has 2 aromatic rings. The van der Waals surface area contributed by atoms with E-state index in [-0.39, 0.29) is 0 Å². The number of nitrogens with zero attached hydrogens (tertiary/aromatic N) is 2. The molecule has 0 amide bonds. The number of nitrogen functional groups attached to an aromatic ring is 1. The SMILES string of the molecule is Cc1nc(CSc2cccc(Br)c2)nc(N)c1Br. The van der Waals surface area contributed by atoms with Crippen molar-refractivity contribution in [2.75, 3.05) is 5.73 Å². The van der Waals surface area contributed by atoms with Crippen molar-refractivity contribution >= 4 is 49.4 Å². The number of nitrogens with two attached hydrogens (primary N) is 1. The molecule has 18 heavy (non-hydrogen) atoms. The van der Waals surface area contributed by atoms with Gasteiger partial charge < -0.3 is 5.73 Å². The van der Waals surface area contributed by atoms with Crippen molar-refractivity contribution in [3.8, 4) is 0 Å². The zero-order valence-electron chi connectivity index (χ0n) is 9.65. The average Bonchev–Trinajstić information content (AvgIpc) is 2.33. The van der Waals surface area contributed by atoms with Gasteiger partial charge in [-0.15, -0.1) is 11.8 Å². The molecule has 0 unspecified atom stereocenters. The zero-order valence-corrected chi connectivity index (χ0v) is 13.6. The van der Waals surface area contributed by atoms with Crippen LogP contribution in [0.2, 0.25) is 0 Å². The molecule has 3 nitrogen and oxygen atoms in total. The van der Waals surface area contributed by atoms with Crippen LogP contribution in [0.3, 0.4) is 0 Å². The van der Waals surface area contributed by atoms with Crippen LogP contribution in [0.25, 0.3) is 0 Å². The summed E-state index contributed by atoms with van der Waals surface area (Å²) in [6.45, 7) is 1.91. The lowest BCUT2D eigenvalue weighted by Crippen LogP contribution is -2.02. The fraction of sp³-hybridized carbons (Fsp3) is 0.167. The molecule has 0 aliphatic heterocycles. The molecule has 0 aliphatic rings. The molecule has 0 spiro atoms. The minimum atomic E-state index is 0.493. The van der Waals surface area contributed by atoms with Crippen LogP contribution in [-0.4, -0.2) is 9.97 Å². The number of aryl methyl sites for hydroxylation is 1. The Morgan fingerprint density at radius 1 is 1.28 bits per heavy atom. The van der Waals surface area contributed by atoms with Gasteiger partial charge in [0.15, 0.2) is 0 Å². The third kappa shape index (κ3) is 3.46. The van der Waals surface area contributed by atoms with Crippen LogP contribution in [-0.2, 0) is 5.75 Å². The monoisotopic (exact) mass is 387 g/mol. The predicted molar refractivity (Wildman–Crippen MR) is 82.6 cm³/mol. The Labute approximate surface area is 127 Å². The topological polar surface area (TPSA) is 51.8 Å². The normalized spacial score (nSPS) is 10.6. The standard InChI is InChI=1S/C12H11Br2N3S/c1-7-11(14)12(15)17-10(16-7)6-18-9-4-2-3-8(13)5-9/h2-5H,6H2,1H3,(H2,15,16,17). The van der Waals surface area contributed by atoms with Gasteiger partial charge in [-0.2, -0.15) is 0 Å². The van der Waals surface area contributed by atoms with E-state index >= 15 is 0 Å². The zero-order chi connectivity index (χ0) is 13.1. The summed E-state index contributed by atoms with van der Waals surface area (Å²) >= 11 is 8.49. The van der Waals surface area contributed by atoms with E-state index in [4.69, 9.17) is 5.73 Å². The molecule has 94 valence electrons. The van der Waals surface area contributed by atoms with Crippen molar-refractivity contribution in [1.29, 1.82) is 0 Å². The van der Waals surface area contributed by atoms with E-state index in [9.17, 15) is 0 Å². The molecule has 0 bridgehead atoms. The molecule has 2 N–H and O–H groups in total. The molecule has 1 heterocycles. The van der Waals surface area contributed by atoms with E-state index in [0.717, 1.165) is 20.5 Å². The maximum Gasteiger partial charge on any atom is 0.141 e. The number of hydrogen-bond donors (Lipinski definition) is 1. The highest BCUT2D eigenvalue weighted by Gasteiger charge is 2.07. The first-order valence-electron chi connectivity index (χ1n) is 5.23. The molecule has 0 radical (unpaired) electrons. The Hall–Kier alpha value is -0.590. The fourth-order valence-corrected chi connectivity index (χ4v) is 2.95. The van der Waals surface area contributed by atoms with Crippen molar-refractivity contribution in [3.05, 3.63) is 44.7 Å². The molecular formula is C12H11Br2N3S. The fourth-order valence-electron chi connectivity index (χ4n) is 1.41. The first kappa shape index (κ1) is 13.8. The Morgan fingerprint density at radius 3 is 2.72 bits per heavy atom. The molecule has 0 aliphatic carbocycles. The number of thioether (sulfide) groups is 1. The summed E-state index contributed by atoms with van der Waals surface area (Å²) in [5.41, 5.74) is 6.67. The van der Waals surface area contributed by atoms with E-state index in [1.165, 1.54) is 4.90 Å². The smallest absolute Gasteiger partial charge is 0.141 e. The highest BCUT2D eigenvalue weighted by Crippen LogP contribution is 2.26. The first-order chi connectivity index (χ1) is 8.56. The Bertz CT molecular complexity index is 552. The van der Waals surface area contributed by atoms with Crippen LogP contribution in [0, 0.1) is 6.92 Å². The number of anilines is 1. The molecule has 0 saturated carbocycles. The third-order valence-electron chi connectivity index (χ3n) is 2.25. The van der Waals surface area contributed by atoms with Crippen molar-refractivity contribution in [2.24, 2.45) is 0 Å². The molecule has 0 atom stereocenters. The van der Waals surface area contributed by atoms with E-state index in [1.807, 2.05) is 19.1 Å². The maximum absolute atomic E-state index is 5.80. The van der Waals surface area contributed by atoms with E-state index < -0.39 is 0 Å². The number of rotatable bonds is 3. The van der Waals surface area contributed by atoms with Crippen molar-refractivity contribution in [1.82, 2.24) is 9.97 Å². The van der Waals surface area contributed by atoms with Crippen molar-refractivity contribution in [3.63, 3.8) is 0 Å².